The van der Waals surface area contributed by atoms with Gasteiger partial charge in [0.2, 0.25) is 11.1 Å². The number of carboxylic acid groups (broad SMARTS) is 2. The summed E-state index contributed by atoms with van der Waals surface area (Å²) in [6.45, 7) is 2.98. The van der Waals surface area contributed by atoms with Gasteiger partial charge in [-0.15, -0.1) is 0 Å². The second-order valence-electron chi connectivity index (χ2n) is 16.7. The molecule has 6 heterocycles. The summed E-state index contributed by atoms with van der Waals surface area (Å²) in [4.78, 5) is 47.4. The molecule has 0 radical (unpaired) electrons. The molecule has 4 N–H and O–H groups in total. The Bertz CT molecular complexity index is 3680. The summed E-state index contributed by atoms with van der Waals surface area (Å²) in [6.07, 6.45) is -6.42. The molecule has 1 amide bonds. The van der Waals surface area contributed by atoms with Gasteiger partial charge in [0.15, 0.2) is 11.5 Å². The molecule has 76 heavy (non-hydrogen) atoms. The minimum absolute atomic E-state index is 0. The maximum atomic E-state index is 13.2. The van der Waals surface area contributed by atoms with Crippen LogP contribution in [0.3, 0.4) is 0 Å². The number of benzene rings is 5. The van der Waals surface area contributed by atoms with Crippen molar-refractivity contribution in [1.82, 2.24) is 10.2 Å². The first-order valence-electron chi connectivity index (χ1n) is 25.8. The number of aliphatic hydroxyl groups excluding tert-OH is 1. The van der Waals surface area contributed by atoms with Crippen molar-refractivity contribution in [3.05, 3.63) is 164 Å². The third-order valence-corrected chi connectivity index (χ3v) is 12.3. The van der Waals surface area contributed by atoms with E-state index >= 15 is 0 Å². The highest BCUT2D eigenvalue weighted by atomic mass is 35.5. The maximum Gasteiger partial charge on any atom is 0.311 e. The highest BCUT2D eigenvalue weighted by Gasteiger charge is 2.28. The zero-order valence-corrected chi connectivity index (χ0v) is 42.8. The van der Waals surface area contributed by atoms with Gasteiger partial charge in [-0.05, 0) is 152 Å². The van der Waals surface area contributed by atoms with Crippen LogP contribution in [0, 0.1) is 0 Å². The van der Waals surface area contributed by atoms with Crippen LogP contribution in [0.5, 0.6) is 11.5 Å². The van der Waals surface area contributed by atoms with Crippen LogP contribution in [0.25, 0.3) is 43.9 Å². The molecule has 0 spiro atoms. The molecule has 1 saturated heterocycles. The Morgan fingerprint density at radius 2 is 1.00 bits per heavy atom. The van der Waals surface area contributed by atoms with Crippen LogP contribution >= 0.6 is 58.0 Å². The van der Waals surface area contributed by atoms with Crippen LogP contribution in [-0.2, 0) is 44.7 Å². The van der Waals surface area contributed by atoms with Crippen molar-refractivity contribution < 1.29 is 69.9 Å². The number of nitrogens with one attached hydrogen (secondary N) is 1. The summed E-state index contributed by atoms with van der Waals surface area (Å²) >= 11 is 28.5. The number of hydrogen-bond donors (Lipinski definition) is 4. The average molecular weight is 1140 g/mol. The minimum atomic E-state index is -2.54. The van der Waals surface area contributed by atoms with E-state index in [0.29, 0.717) is 101 Å². The molecule has 11 rings (SSSR count). The van der Waals surface area contributed by atoms with E-state index in [1.807, 2.05) is 0 Å². The van der Waals surface area contributed by atoms with Gasteiger partial charge in [-0.25, -0.2) is 0 Å². The van der Waals surface area contributed by atoms with Crippen molar-refractivity contribution in [2.75, 3.05) is 32.8 Å². The fraction of sp³-hybridized carbons (Fsp3) is 0.250. The Hall–Kier alpha value is -6.69. The standard InChI is InChI=1S/C25H27ClN2O5.C10H6Cl2O2.2C10H7ClO3.CH4/c26-18-4-6-21-17(11-18)12-19(33-21)14-24(29)27-20(15-28-7-1-2-8-28)25(30)16-3-5-22-23(13-16)32-10-9-31-22;3*11-7-1-2-9-6(3-7)4-8(14-9)5-10(12)13;/h3-6,11-13,20,25,30H,1-2,7-10,14-15H2,(H,27,29);1-4H,5H2;2*1-4H,5H2,(H,12,13);1H4/t20-,25-;;;;/m1..../s1/i14D2;2*5D2;;. The van der Waals surface area contributed by atoms with Crippen molar-refractivity contribution in [2.24, 2.45) is 0 Å². The van der Waals surface area contributed by atoms with E-state index in [4.69, 9.17) is 104 Å². The van der Waals surface area contributed by atoms with E-state index in [1.54, 1.807) is 97.1 Å². The number of aliphatic hydroxyl groups is 1. The van der Waals surface area contributed by atoms with Gasteiger partial charge in [-0.1, -0.05) is 59.9 Å². The normalized spacial score (nSPS) is 15.3. The number of aliphatic carboxylic acids is 2. The molecule has 398 valence electrons. The number of likely N-dealkylation sites (tertiary alicyclic amines) is 1. The molecule has 9 aromatic rings. The number of furan rings is 4. The number of halogens is 5. The largest absolute Gasteiger partial charge is 0.486 e. The quantitative estimate of drug-likeness (QED) is 0.0791. The van der Waals surface area contributed by atoms with Gasteiger partial charge < -0.3 is 52.7 Å². The van der Waals surface area contributed by atoms with Crippen molar-refractivity contribution in [3.63, 3.8) is 0 Å². The number of amides is 1. The third-order valence-electron chi connectivity index (χ3n) is 11.2. The summed E-state index contributed by atoms with van der Waals surface area (Å²) in [5.41, 5.74) is 2.51. The Balaban J connectivity index is 0.000000172. The van der Waals surface area contributed by atoms with Crippen LogP contribution in [-0.4, -0.2) is 82.2 Å². The lowest BCUT2D eigenvalue weighted by Gasteiger charge is -2.29. The van der Waals surface area contributed by atoms with Crippen molar-refractivity contribution >= 4 is 125 Å². The number of fused-ring (bicyclic) bond motifs is 5. The monoisotopic (exact) mass is 1140 g/mol. The second-order valence-corrected chi connectivity index (χ2v) is 18.8. The molecular formula is C56H51Cl5N2O13. The van der Waals surface area contributed by atoms with Crippen LogP contribution in [0.1, 0.15) is 63.2 Å². The molecule has 0 aliphatic carbocycles. The number of nitrogens with zero attached hydrogens (tertiary/aromatic N) is 1. The lowest BCUT2D eigenvalue weighted by Crippen LogP contribution is -2.47. The van der Waals surface area contributed by atoms with Crippen molar-refractivity contribution in [2.45, 2.75) is 58.0 Å². The van der Waals surface area contributed by atoms with E-state index in [9.17, 15) is 24.3 Å². The van der Waals surface area contributed by atoms with Gasteiger partial charge >= 0.3 is 11.9 Å². The summed E-state index contributed by atoms with van der Waals surface area (Å²) in [5, 5.41) is 34.9. The topological polar surface area (TPSA) is 215 Å². The Kier molecular flexibility index (Phi) is 17.0. The smallest absolute Gasteiger partial charge is 0.311 e. The first-order chi connectivity index (χ1) is 38.3. The molecule has 2 atom stereocenters. The molecule has 15 nitrogen and oxygen atoms in total. The fourth-order valence-electron chi connectivity index (χ4n) is 8.00. The Labute approximate surface area is 469 Å². The second kappa shape index (κ2) is 26.4. The summed E-state index contributed by atoms with van der Waals surface area (Å²) in [7, 11) is 0. The minimum Gasteiger partial charge on any atom is -0.486 e. The van der Waals surface area contributed by atoms with Crippen LogP contribution < -0.4 is 14.8 Å². The number of carbonyl (C=O) groups is 4. The molecule has 2 aliphatic rings. The van der Waals surface area contributed by atoms with Crippen LogP contribution in [0.4, 0.5) is 0 Å². The van der Waals surface area contributed by atoms with E-state index in [2.05, 4.69) is 10.2 Å². The number of ether oxygens (including phenoxy) is 2. The molecule has 0 unspecified atom stereocenters. The lowest BCUT2D eigenvalue weighted by atomic mass is 10.0. The highest BCUT2D eigenvalue weighted by molar-refractivity contribution is 6.63. The Morgan fingerprint density at radius 1 is 0.566 bits per heavy atom. The molecule has 0 bridgehead atoms. The first-order valence-corrected chi connectivity index (χ1v) is 24.7. The molecule has 1 fully saturated rings. The SMILES string of the molecule is C.O=C(O)Cc1cc2cc(Cl)ccc2o1.[2H]C([2H])(C(=O)Cl)c1cc2cc(Cl)ccc2o1.[2H]C([2H])(C(=O)N[C@H](CN1CCCC1)[C@H](O)c1ccc2c(c1)OCCO2)c1cc2cc(Cl)ccc2o1.[2H]C([2H])(C(=O)O)c1cc2cc(Cl)ccc2o1. The van der Waals surface area contributed by atoms with Crippen molar-refractivity contribution in [3.8, 4) is 11.5 Å². The molecule has 2 aliphatic heterocycles. The highest BCUT2D eigenvalue weighted by Crippen LogP contribution is 2.34. The predicted octanol–water partition coefficient (Wildman–Crippen LogP) is 13.2. The Morgan fingerprint density at radius 3 is 1.46 bits per heavy atom. The van der Waals surface area contributed by atoms with Crippen LogP contribution in [0.15, 0.2) is 133 Å². The number of carbonyl (C=O) groups excluding carboxylic acids is 2. The van der Waals surface area contributed by atoms with Gasteiger partial charge in [0, 0.05) is 56.4 Å². The van der Waals surface area contributed by atoms with Gasteiger partial charge in [-0.2, -0.15) is 0 Å². The van der Waals surface area contributed by atoms with Gasteiger partial charge in [0.25, 0.3) is 0 Å². The molecular weight excluding hydrogens is 1090 g/mol. The fourth-order valence-corrected chi connectivity index (χ4v) is 8.81. The summed E-state index contributed by atoms with van der Waals surface area (Å²) < 4.78 is 79.1. The number of rotatable bonds is 13. The predicted molar refractivity (Wildman–Crippen MR) is 293 cm³/mol. The van der Waals surface area contributed by atoms with E-state index < -0.39 is 54.4 Å². The van der Waals surface area contributed by atoms with E-state index in [1.165, 1.54) is 18.2 Å². The summed E-state index contributed by atoms with van der Waals surface area (Å²) in [5.74, 6) is -2.28. The van der Waals surface area contributed by atoms with Gasteiger partial charge in [0.1, 0.15) is 77.5 Å². The number of hydrogen-bond acceptors (Lipinski definition) is 12. The lowest BCUT2D eigenvalue weighted by molar-refractivity contribution is -0.137. The van der Waals surface area contributed by atoms with Crippen molar-refractivity contribution in [1.29, 1.82) is 0 Å². The number of carboxylic acids is 2. The van der Waals surface area contributed by atoms with Gasteiger partial charge in [0.05, 0.1) is 18.8 Å². The third kappa shape index (κ3) is 15.9. The molecule has 0 saturated carbocycles. The zero-order chi connectivity index (χ0) is 58.6. The van der Waals surface area contributed by atoms with Gasteiger partial charge in [-0.3, -0.25) is 19.2 Å². The first kappa shape index (κ1) is 48.9. The average Bonchev–Trinajstić information content (AvgIpc) is 4.45. The van der Waals surface area contributed by atoms with Crippen LogP contribution in [0.2, 0.25) is 20.1 Å². The molecule has 4 aromatic heterocycles. The van der Waals surface area contributed by atoms with E-state index in [0.717, 1.165) is 31.3 Å². The molecule has 20 heteroatoms. The zero-order valence-electron chi connectivity index (χ0n) is 45.0. The summed E-state index contributed by atoms with van der Waals surface area (Å²) in [6, 6.07) is 30.1. The molecule has 5 aromatic carbocycles. The maximum absolute atomic E-state index is 13.2. The van der Waals surface area contributed by atoms with E-state index in [-0.39, 0.29) is 31.1 Å².